The first-order valence-electron chi connectivity index (χ1n) is 5.05. The van der Waals surface area contributed by atoms with Crippen LogP contribution >= 0.6 is 0 Å². The highest BCUT2D eigenvalue weighted by Gasteiger charge is 2.18. The molecule has 0 saturated carbocycles. The second-order valence-electron chi connectivity index (χ2n) is 3.66. The van der Waals surface area contributed by atoms with Gasteiger partial charge in [-0.1, -0.05) is 0 Å². The van der Waals surface area contributed by atoms with Gasteiger partial charge in [-0.2, -0.15) is 0 Å². The molecule has 1 aliphatic rings. The fourth-order valence-electron chi connectivity index (χ4n) is 1.84. The number of ether oxygens (including phenoxy) is 1. The highest BCUT2D eigenvalue weighted by molar-refractivity contribution is 5.75. The SMILES string of the molecule is Cc1nc(N2CCOCC2)n(C)c1C=O. The molecule has 2 heterocycles. The summed E-state index contributed by atoms with van der Waals surface area (Å²) < 4.78 is 7.12. The lowest BCUT2D eigenvalue weighted by Gasteiger charge is -2.27. The number of rotatable bonds is 2. The van der Waals surface area contributed by atoms with Crippen LogP contribution in [0.3, 0.4) is 0 Å². The number of anilines is 1. The minimum absolute atomic E-state index is 0.650. The molecule has 0 radical (unpaired) electrons. The minimum atomic E-state index is 0.650. The number of hydrogen-bond acceptors (Lipinski definition) is 4. The van der Waals surface area contributed by atoms with Gasteiger partial charge in [0.15, 0.2) is 6.29 Å². The number of aryl methyl sites for hydroxylation is 1. The van der Waals surface area contributed by atoms with Crippen LogP contribution in [0.5, 0.6) is 0 Å². The Morgan fingerprint density at radius 1 is 1.40 bits per heavy atom. The lowest BCUT2D eigenvalue weighted by molar-refractivity contribution is 0.111. The van der Waals surface area contributed by atoms with E-state index in [4.69, 9.17) is 4.74 Å². The van der Waals surface area contributed by atoms with Crippen LogP contribution in [0.15, 0.2) is 0 Å². The normalized spacial score (nSPS) is 16.8. The Morgan fingerprint density at radius 2 is 2.07 bits per heavy atom. The van der Waals surface area contributed by atoms with Gasteiger partial charge in [-0.15, -0.1) is 0 Å². The van der Waals surface area contributed by atoms with Gasteiger partial charge in [-0.25, -0.2) is 4.98 Å². The maximum atomic E-state index is 10.8. The van der Waals surface area contributed by atoms with Crippen LogP contribution < -0.4 is 4.90 Å². The smallest absolute Gasteiger partial charge is 0.206 e. The van der Waals surface area contributed by atoms with Crippen LogP contribution in [0, 0.1) is 6.92 Å². The Hall–Kier alpha value is -1.36. The molecule has 1 fully saturated rings. The first-order chi connectivity index (χ1) is 7.24. The second-order valence-corrected chi connectivity index (χ2v) is 3.66. The van der Waals surface area contributed by atoms with Crippen molar-refractivity contribution in [3.05, 3.63) is 11.4 Å². The van der Waals surface area contributed by atoms with Crippen molar-refractivity contribution in [2.75, 3.05) is 31.2 Å². The van der Waals surface area contributed by atoms with E-state index in [1.165, 1.54) is 0 Å². The van der Waals surface area contributed by atoms with Gasteiger partial charge in [0.2, 0.25) is 5.95 Å². The largest absolute Gasteiger partial charge is 0.378 e. The molecule has 0 atom stereocenters. The standard InChI is InChI=1S/C10H15N3O2/c1-8-9(7-14)12(2)10(11-8)13-3-5-15-6-4-13/h7H,3-6H2,1-2H3. The van der Waals surface area contributed by atoms with E-state index >= 15 is 0 Å². The Kier molecular flexibility index (Phi) is 2.73. The molecule has 15 heavy (non-hydrogen) atoms. The van der Waals surface area contributed by atoms with Gasteiger partial charge in [0.05, 0.1) is 18.9 Å². The molecule has 0 aromatic carbocycles. The molecule has 1 aliphatic heterocycles. The number of nitrogens with zero attached hydrogens (tertiary/aromatic N) is 3. The quantitative estimate of drug-likeness (QED) is 0.661. The number of imidazole rings is 1. The summed E-state index contributed by atoms with van der Waals surface area (Å²) in [7, 11) is 1.87. The third-order valence-corrected chi connectivity index (χ3v) is 2.71. The van der Waals surface area contributed by atoms with E-state index in [1.807, 2.05) is 18.5 Å². The van der Waals surface area contributed by atoms with Crippen LogP contribution in [0.2, 0.25) is 0 Å². The molecule has 0 amide bonds. The van der Waals surface area contributed by atoms with E-state index in [0.717, 1.165) is 44.2 Å². The van der Waals surface area contributed by atoms with Crippen molar-refractivity contribution in [3.8, 4) is 0 Å². The minimum Gasteiger partial charge on any atom is -0.378 e. The Labute approximate surface area is 88.7 Å². The predicted molar refractivity (Wildman–Crippen MR) is 56.4 cm³/mol. The van der Waals surface area contributed by atoms with Crippen molar-refractivity contribution in [2.45, 2.75) is 6.92 Å². The average molecular weight is 209 g/mol. The van der Waals surface area contributed by atoms with Crippen LogP contribution in [-0.2, 0) is 11.8 Å². The number of morpholine rings is 1. The molecule has 0 spiro atoms. The summed E-state index contributed by atoms with van der Waals surface area (Å²) in [6.07, 6.45) is 0.853. The molecular weight excluding hydrogens is 194 g/mol. The molecule has 0 N–H and O–H groups in total. The van der Waals surface area contributed by atoms with Gasteiger partial charge >= 0.3 is 0 Å². The lowest BCUT2D eigenvalue weighted by atomic mass is 10.4. The molecule has 1 aromatic rings. The first kappa shape index (κ1) is 10.2. The predicted octanol–water partition coefficient (Wildman–Crippen LogP) is 0.378. The van der Waals surface area contributed by atoms with Gasteiger partial charge in [0.25, 0.3) is 0 Å². The molecule has 2 rings (SSSR count). The zero-order valence-electron chi connectivity index (χ0n) is 9.06. The molecule has 82 valence electrons. The summed E-state index contributed by atoms with van der Waals surface area (Å²) in [5.41, 5.74) is 1.44. The Morgan fingerprint density at radius 3 is 2.60 bits per heavy atom. The number of carbonyl (C=O) groups is 1. The summed E-state index contributed by atoms with van der Waals surface area (Å²) in [6.45, 7) is 4.98. The van der Waals surface area contributed by atoms with Gasteiger partial charge in [-0.3, -0.25) is 4.79 Å². The first-order valence-corrected chi connectivity index (χ1v) is 5.05. The maximum absolute atomic E-state index is 10.8. The van der Waals surface area contributed by atoms with Crippen molar-refractivity contribution >= 4 is 12.2 Å². The summed E-state index contributed by atoms with van der Waals surface area (Å²) in [5, 5.41) is 0. The zero-order valence-corrected chi connectivity index (χ0v) is 9.06. The van der Waals surface area contributed by atoms with E-state index < -0.39 is 0 Å². The number of aromatic nitrogens is 2. The highest BCUT2D eigenvalue weighted by Crippen LogP contribution is 2.17. The second kappa shape index (κ2) is 4.02. The average Bonchev–Trinajstić information content (AvgIpc) is 2.55. The molecule has 0 unspecified atom stereocenters. The van der Waals surface area contributed by atoms with Crippen molar-refractivity contribution in [1.82, 2.24) is 9.55 Å². The van der Waals surface area contributed by atoms with Crippen LogP contribution in [0.4, 0.5) is 5.95 Å². The van der Waals surface area contributed by atoms with E-state index in [1.54, 1.807) is 0 Å². The number of carbonyl (C=O) groups excluding carboxylic acids is 1. The van der Waals surface area contributed by atoms with Gasteiger partial charge in [0, 0.05) is 20.1 Å². The molecule has 5 heteroatoms. The van der Waals surface area contributed by atoms with E-state index in [-0.39, 0.29) is 0 Å². The third-order valence-electron chi connectivity index (χ3n) is 2.71. The Bertz CT molecular complexity index is 367. The van der Waals surface area contributed by atoms with Crippen LogP contribution in [-0.4, -0.2) is 42.1 Å². The molecule has 0 bridgehead atoms. The molecular formula is C10H15N3O2. The zero-order chi connectivity index (χ0) is 10.8. The van der Waals surface area contributed by atoms with Gasteiger partial charge in [-0.05, 0) is 6.92 Å². The maximum Gasteiger partial charge on any atom is 0.206 e. The molecule has 1 saturated heterocycles. The third kappa shape index (κ3) is 1.74. The van der Waals surface area contributed by atoms with Gasteiger partial charge in [0.1, 0.15) is 5.69 Å². The van der Waals surface area contributed by atoms with E-state index in [0.29, 0.717) is 5.69 Å². The van der Waals surface area contributed by atoms with E-state index in [2.05, 4.69) is 9.88 Å². The van der Waals surface area contributed by atoms with Gasteiger partial charge < -0.3 is 14.2 Å². The number of hydrogen-bond donors (Lipinski definition) is 0. The number of aldehydes is 1. The molecule has 5 nitrogen and oxygen atoms in total. The monoisotopic (exact) mass is 209 g/mol. The fraction of sp³-hybridized carbons (Fsp3) is 0.600. The topological polar surface area (TPSA) is 47.4 Å². The Balaban J connectivity index is 2.31. The summed E-state index contributed by atoms with van der Waals surface area (Å²) in [6, 6.07) is 0. The van der Waals surface area contributed by atoms with E-state index in [9.17, 15) is 4.79 Å². The van der Waals surface area contributed by atoms with Crippen molar-refractivity contribution < 1.29 is 9.53 Å². The molecule has 0 aliphatic carbocycles. The summed E-state index contributed by atoms with van der Waals surface area (Å²) in [4.78, 5) is 17.4. The summed E-state index contributed by atoms with van der Waals surface area (Å²) in [5.74, 6) is 0.859. The van der Waals surface area contributed by atoms with Crippen LogP contribution in [0.25, 0.3) is 0 Å². The highest BCUT2D eigenvalue weighted by atomic mass is 16.5. The van der Waals surface area contributed by atoms with Crippen molar-refractivity contribution in [2.24, 2.45) is 7.05 Å². The van der Waals surface area contributed by atoms with Crippen molar-refractivity contribution in [3.63, 3.8) is 0 Å². The van der Waals surface area contributed by atoms with Crippen molar-refractivity contribution in [1.29, 1.82) is 0 Å². The fourth-order valence-corrected chi connectivity index (χ4v) is 1.84. The molecule has 1 aromatic heterocycles. The van der Waals surface area contributed by atoms with Crippen LogP contribution in [0.1, 0.15) is 16.2 Å². The lowest BCUT2D eigenvalue weighted by Crippen LogP contribution is -2.37. The summed E-state index contributed by atoms with van der Waals surface area (Å²) >= 11 is 0.